The molecule has 0 rings (SSSR count). The molecule has 0 aliphatic rings. The van der Waals surface area contributed by atoms with Gasteiger partial charge in [-0.15, -0.1) is 0 Å². The second-order valence-corrected chi connectivity index (χ2v) is 23.4. The van der Waals surface area contributed by atoms with Crippen molar-refractivity contribution in [2.75, 3.05) is 13.2 Å². The van der Waals surface area contributed by atoms with E-state index in [1.165, 1.54) is 263 Å². The smallest absolute Gasteiger partial charge is 0.306 e. The van der Waals surface area contributed by atoms with Gasteiger partial charge < -0.3 is 14.2 Å². The lowest BCUT2D eigenvalue weighted by Crippen LogP contribution is -2.30. The van der Waals surface area contributed by atoms with E-state index in [9.17, 15) is 14.4 Å². The Morgan fingerprint density at radius 2 is 0.500 bits per heavy atom. The molecular weight excluding hydrogens is 961 g/mol. The van der Waals surface area contributed by atoms with Crippen LogP contribution in [-0.2, 0) is 28.6 Å². The van der Waals surface area contributed by atoms with Crippen LogP contribution >= 0.6 is 0 Å². The Bertz CT molecular complexity index is 1350. The van der Waals surface area contributed by atoms with Crippen molar-refractivity contribution in [3.8, 4) is 0 Å². The molecule has 0 saturated heterocycles. The molecule has 1 unspecified atom stereocenters. The summed E-state index contributed by atoms with van der Waals surface area (Å²) in [6, 6.07) is 0. The van der Waals surface area contributed by atoms with E-state index in [2.05, 4.69) is 63.3 Å². The van der Waals surface area contributed by atoms with Gasteiger partial charge in [-0.2, -0.15) is 0 Å². The van der Waals surface area contributed by atoms with E-state index in [1.807, 2.05) is 6.08 Å². The molecule has 0 N–H and O–H groups in total. The molecule has 0 fully saturated rings. The fraction of sp³-hybridized carbons (Fsp3) is 0.847. The van der Waals surface area contributed by atoms with E-state index in [1.54, 1.807) is 0 Å². The van der Waals surface area contributed by atoms with Gasteiger partial charge in [-0.05, 0) is 44.9 Å². The minimum absolute atomic E-state index is 0.0898. The largest absolute Gasteiger partial charge is 0.462 e. The molecule has 0 aliphatic carbocycles. The minimum Gasteiger partial charge on any atom is -0.462 e. The lowest BCUT2D eigenvalue weighted by atomic mass is 10.0. The van der Waals surface area contributed by atoms with Crippen LogP contribution in [0.3, 0.4) is 0 Å². The molecule has 0 bridgehead atoms. The van der Waals surface area contributed by atoms with Crippen molar-refractivity contribution in [3.63, 3.8) is 0 Å². The maximum atomic E-state index is 12.9. The number of hydrogen-bond acceptors (Lipinski definition) is 6. The van der Waals surface area contributed by atoms with Crippen LogP contribution < -0.4 is 0 Å². The SMILES string of the molecule is CC/C=C\C/C=C\C/C=C\C/C=C\CCC(=O)OCC(COC(=O)CCCCCCCCCCCCCCCCCCCCCCCCCCCCCC)OC(=O)CCCCCCCCCCCCCCCCCCCCC. The third-order valence-corrected chi connectivity index (χ3v) is 15.6. The van der Waals surface area contributed by atoms with Crippen molar-refractivity contribution in [1.29, 1.82) is 0 Å². The topological polar surface area (TPSA) is 78.9 Å². The molecule has 0 aromatic carbocycles. The average molecular weight is 1090 g/mol. The highest BCUT2D eigenvalue weighted by atomic mass is 16.6. The average Bonchev–Trinajstić information content (AvgIpc) is 3.44. The fourth-order valence-corrected chi connectivity index (χ4v) is 10.5. The maximum Gasteiger partial charge on any atom is 0.306 e. The highest BCUT2D eigenvalue weighted by Gasteiger charge is 2.19. The van der Waals surface area contributed by atoms with E-state index >= 15 is 0 Å². The van der Waals surface area contributed by atoms with Gasteiger partial charge in [-0.3, -0.25) is 14.4 Å². The number of esters is 3. The van der Waals surface area contributed by atoms with Crippen LogP contribution in [0, 0.1) is 0 Å². The highest BCUT2D eigenvalue weighted by molar-refractivity contribution is 5.71. The Morgan fingerprint density at radius 1 is 0.269 bits per heavy atom. The molecule has 6 nitrogen and oxygen atoms in total. The Kier molecular flexibility index (Phi) is 64.6. The highest BCUT2D eigenvalue weighted by Crippen LogP contribution is 2.19. The van der Waals surface area contributed by atoms with Crippen molar-refractivity contribution in [1.82, 2.24) is 0 Å². The van der Waals surface area contributed by atoms with Crippen LogP contribution in [0.25, 0.3) is 0 Å². The van der Waals surface area contributed by atoms with Crippen molar-refractivity contribution in [2.24, 2.45) is 0 Å². The predicted octanol–water partition coefficient (Wildman–Crippen LogP) is 23.7. The number of hydrogen-bond donors (Lipinski definition) is 0. The van der Waals surface area contributed by atoms with Crippen LogP contribution in [0.1, 0.15) is 374 Å². The third-order valence-electron chi connectivity index (χ3n) is 15.6. The first-order valence-corrected chi connectivity index (χ1v) is 34.6. The van der Waals surface area contributed by atoms with Crippen molar-refractivity contribution in [3.05, 3.63) is 48.6 Å². The van der Waals surface area contributed by atoms with Crippen molar-refractivity contribution >= 4 is 17.9 Å². The number of ether oxygens (including phenoxy) is 3. The van der Waals surface area contributed by atoms with Gasteiger partial charge in [-0.1, -0.05) is 358 Å². The molecule has 0 aliphatic heterocycles. The number of carbonyl (C=O) groups is 3. The lowest BCUT2D eigenvalue weighted by molar-refractivity contribution is -0.166. The maximum absolute atomic E-state index is 12.9. The van der Waals surface area contributed by atoms with Crippen LogP contribution in [-0.4, -0.2) is 37.2 Å². The van der Waals surface area contributed by atoms with E-state index in [4.69, 9.17) is 14.2 Å². The first-order chi connectivity index (χ1) is 38.5. The van der Waals surface area contributed by atoms with E-state index in [-0.39, 0.29) is 37.5 Å². The first-order valence-electron chi connectivity index (χ1n) is 34.6. The minimum atomic E-state index is -0.799. The Labute approximate surface area is 486 Å². The third kappa shape index (κ3) is 64.2. The second-order valence-electron chi connectivity index (χ2n) is 23.4. The summed E-state index contributed by atoms with van der Waals surface area (Å²) in [5.74, 6) is -0.950. The molecule has 0 aromatic heterocycles. The molecule has 0 amide bonds. The Hall–Kier alpha value is -2.63. The zero-order chi connectivity index (χ0) is 56.4. The Balaban J connectivity index is 4.21. The summed E-state index contributed by atoms with van der Waals surface area (Å²) < 4.78 is 16.9. The summed E-state index contributed by atoms with van der Waals surface area (Å²) in [5.41, 5.74) is 0. The Morgan fingerprint density at radius 3 is 0.782 bits per heavy atom. The molecule has 78 heavy (non-hydrogen) atoms. The first kappa shape index (κ1) is 75.4. The van der Waals surface area contributed by atoms with Gasteiger partial charge in [0, 0.05) is 19.3 Å². The van der Waals surface area contributed by atoms with Gasteiger partial charge in [0.25, 0.3) is 0 Å². The number of allylic oxidation sites excluding steroid dienone is 8. The summed E-state index contributed by atoms with van der Waals surface area (Å²) >= 11 is 0. The standard InChI is InChI=1S/C72H132O6/c1-4-7-10-13-16-19-22-25-27-29-31-32-33-34-35-36-37-38-39-41-42-44-47-50-53-56-59-62-65-71(74)77-68-69(67-76-70(73)64-61-58-55-52-49-46-24-21-18-15-12-9-6-3)78-72(75)66-63-60-57-54-51-48-45-43-40-30-28-26-23-20-17-14-11-8-5-2/h9,12,18,21,46,49,55,58,69H,4-8,10-11,13-17,19-20,22-45,47-48,50-54,56-57,59-68H2,1-3H3/b12-9-,21-18-,49-46-,58-55-. The van der Waals surface area contributed by atoms with Crippen LogP contribution in [0.15, 0.2) is 48.6 Å². The number of unbranched alkanes of at least 4 members (excludes halogenated alkanes) is 45. The van der Waals surface area contributed by atoms with Crippen molar-refractivity contribution < 1.29 is 28.6 Å². The zero-order valence-electron chi connectivity index (χ0n) is 52.5. The summed E-state index contributed by atoms with van der Waals surface area (Å²) in [7, 11) is 0. The monoisotopic (exact) mass is 1090 g/mol. The van der Waals surface area contributed by atoms with Crippen LogP contribution in [0.4, 0.5) is 0 Å². The number of rotatable bonds is 64. The predicted molar refractivity (Wildman–Crippen MR) is 339 cm³/mol. The fourth-order valence-electron chi connectivity index (χ4n) is 10.5. The van der Waals surface area contributed by atoms with Gasteiger partial charge in [-0.25, -0.2) is 0 Å². The normalized spacial score (nSPS) is 12.3. The quantitative estimate of drug-likeness (QED) is 0.0261. The van der Waals surface area contributed by atoms with Crippen molar-refractivity contribution in [2.45, 2.75) is 380 Å². The van der Waals surface area contributed by atoms with E-state index < -0.39 is 6.10 Å². The molecule has 6 heteroatoms. The molecule has 0 saturated carbocycles. The van der Waals surface area contributed by atoms with Gasteiger partial charge in [0.15, 0.2) is 6.10 Å². The summed E-state index contributed by atoms with van der Waals surface area (Å²) in [5, 5.41) is 0. The number of carbonyl (C=O) groups excluding carboxylic acids is 3. The van der Waals surface area contributed by atoms with Crippen LogP contribution in [0.2, 0.25) is 0 Å². The molecule has 456 valence electrons. The van der Waals surface area contributed by atoms with Gasteiger partial charge in [0.2, 0.25) is 0 Å². The van der Waals surface area contributed by atoms with Crippen LogP contribution in [0.5, 0.6) is 0 Å². The molecule has 0 spiro atoms. The zero-order valence-corrected chi connectivity index (χ0v) is 52.5. The summed E-state index contributed by atoms with van der Waals surface area (Å²) in [6.07, 6.45) is 84.6. The van der Waals surface area contributed by atoms with E-state index in [0.717, 1.165) is 64.2 Å². The van der Waals surface area contributed by atoms with Gasteiger partial charge in [0.05, 0.1) is 0 Å². The summed E-state index contributed by atoms with van der Waals surface area (Å²) in [4.78, 5) is 38.3. The second kappa shape index (κ2) is 66.9. The van der Waals surface area contributed by atoms with Gasteiger partial charge in [0.1, 0.15) is 13.2 Å². The molecule has 1 atom stereocenters. The molecule has 0 radical (unpaired) electrons. The van der Waals surface area contributed by atoms with E-state index in [0.29, 0.717) is 19.3 Å². The molecule has 0 heterocycles. The molecule has 0 aromatic rings. The lowest BCUT2D eigenvalue weighted by Gasteiger charge is -2.18. The summed E-state index contributed by atoms with van der Waals surface area (Å²) in [6.45, 7) is 6.53. The van der Waals surface area contributed by atoms with Gasteiger partial charge >= 0.3 is 17.9 Å². The molecular formula is C72H132O6.